The van der Waals surface area contributed by atoms with Crippen LogP contribution in [0.5, 0.6) is 23.0 Å². The molecule has 6 nitrogen and oxygen atoms in total. The summed E-state index contributed by atoms with van der Waals surface area (Å²) in [6, 6.07) is 34.0. The summed E-state index contributed by atoms with van der Waals surface area (Å²) in [7, 11) is -3.32. The lowest BCUT2D eigenvalue weighted by atomic mass is 9.78. The molecule has 0 N–H and O–H groups in total. The van der Waals surface area contributed by atoms with Gasteiger partial charge in [0.05, 0.1) is 13.2 Å². The van der Waals surface area contributed by atoms with Crippen molar-refractivity contribution in [3.63, 3.8) is 0 Å². The number of para-hydroxylation sites is 2. The minimum atomic E-state index is -1.66. The van der Waals surface area contributed by atoms with E-state index in [0.717, 1.165) is 61.5 Å². The molecular weight excluding hydrogens is 1030 g/mol. The standard InChI is InChI=1S/C73H118O6P2/c1-7-11-15-19-23-25-27-29-31-35-39-47-63-74-80(78-71-53-45-43-51-65(71)49-41-37-33-21-17-13-9-3)76-69-59-55-67(56-60-69)73(5,6)68-57-61-70(62-58-68)77-81(75-64-48-40-36-32-30-28-26-24-20-16-12-8-2)79-72-54-46-44-52-66(72)50-42-38-34-22-18-14-10-4/h43-46,51-62H,7-42,47-50,63-64H2,1-6H3. The Balaban J connectivity index is 1.37. The normalized spacial score (nSPS) is 12.4. The second kappa shape index (κ2) is 47.1. The molecule has 0 heterocycles. The number of aryl methyl sites for hydroxylation is 2. The molecule has 2 atom stereocenters. The van der Waals surface area contributed by atoms with Crippen LogP contribution in [-0.2, 0) is 27.3 Å². The molecule has 4 rings (SSSR count). The molecule has 0 bridgehead atoms. The number of hydrogen-bond acceptors (Lipinski definition) is 6. The van der Waals surface area contributed by atoms with Crippen LogP contribution in [0.1, 0.15) is 308 Å². The van der Waals surface area contributed by atoms with Crippen LogP contribution < -0.4 is 18.1 Å². The van der Waals surface area contributed by atoms with Crippen molar-refractivity contribution in [1.82, 2.24) is 0 Å². The van der Waals surface area contributed by atoms with Gasteiger partial charge in [0.2, 0.25) is 0 Å². The molecule has 81 heavy (non-hydrogen) atoms. The summed E-state index contributed by atoms with van der Waals surface area (Å²) >= 11 is 0. The van der Waals surface area contributed by atoms with Crippen molar-refractivity contribution >= 4 is 17.2 Å². The maximum absolute atomic E-state index is 6.70. The lowest BCUT2D eigenvalue weighted by molar-refractivity contribution is 0.257. The minimum absolute atomic E-state index is 0.278. The van der Waals surface area contributed by atoms with Crippen LogP contribution in [0.15, 0.2) is 97.1 Å². The van der Waals surface area contributed by atoms with Gasteiger partial charge in [0.1, 0.15) is 23.0 Å². The second-order valence-corrected chi connectivity index (χ2v) is 26.0. The van der Waals surface area contributed by atoms with E-state index in [9.17, 15) is 0 Å². The largest absolute Gasteiger partial charge is 0.463 e. The fourth-order valence-corrected chi connectivity index (χ4v) is 12.9. The molecule has 0 fully saturated rings. The zero-order valence-electron chi connectivity index (χ0n) is 52.8. The van der Waals surface area contributed by atoms with Gasteiger partial charge in [-0.05, 0) is 97.2 Å². The molecule has 456 valence electrons. The molecule has 4 aromatic carbocycles. The van der Waals surface area contributed by atoms with E-state index in [1.807, 2.05) is 0 Å². The van der Waals surface area contributed by atoms with Crippen LogP contribution in [0.25, 0.3) is 0 Å². The number of unbranched alkanes of at least 4 members (excludes halogenated alkanes) is 34. The number of rotatable bonds is 54. The third-order valence-electron chi connectivity index (χ3n) is 16.3. The molecule has 0 saturated heterocycles. The lowest BCUT2D eigenvalue weighted by Gasteiger charge is -2.27. The Hall–Kier alpha value is -3.14. The molecular formula is C73H118O6P2. The van der Waals surface area contributed by atoms with Gasteiger partial charge in [0.25, 0.3) is 0 Å². The van der Waals surface area contributed by atoms with Gasteiger partial charge in [-0.15, -0.1) is 0 Å². The predicted molar refractivity (Wildman–Crippen MR) is 352 cm³/mol. The lowest BCUT2D eigenvalue weighted by Crippen LogP contribution is -2.18. The summed E-state index contributed by atoms with van der Waals surface area (Å²) in [5.41, 5.74) is 4.57. The third-order valence-corrected chi connectivity index (χ3v) is 18.5. The quantitative estimate of drug-likeness (QED) is 0.0324. The van der Waals surface area contributed by atoms with E-state index in [2.05, 4.69) is 139 Å². The Morgan fingerprint density at radius 2 is 0.543 bits per heavy atom. The van der Waals surface area contributed by atoms with Gasteiger partial charge in [-0.2, -0.15) is 0 Å². The van der Waals surface area contributed by atoms with E-state index in [0.29, 0.717) is 13.2 Å². The van der Waals surface area contributed by atoms with Gasteiger partial charge in [-0.1, -0.05) is 321 Å². The van der Waals surface area contributed by atoms with Crippen LogP contribution >= 0.6 is 17.2 Å². The van der Waals surface area contributed by atoms with Gasteiger partial charge in [-0.25, -0.2) is 0 Å². The summed E-state index contributed by atoms with van der Waals surface area (Å²) in [5, 5.41) is 0. The SMILES string of the molecule is CCCCCCCCCCCCCCOP(Oc1ccc(C(C)(C)c2ccc(OP(OCCCCCCCCCCCCCC)Oc3ccccc3CCCCCCCCC)cc2)cc1)Oc1ccccc1CCCCCCCCC. The van der Waals surface area contributed by atoms with Gasteiger partial charge >= 0.3 is 17.2 Å². The first-order valence-electron chi connectivity index (χ1n) is 33.8. The van der Waals surface area contributed by atoms with Crippen LogP contribution in [-0.4, -0.2) is 13.2 Å². The summed E-state index contributed by atoms with van der Waals surface area (Å²) in [4.78, 5) is 0. The fourth-order valence-electron chi connectivity index (χ4n) is 10.8. The van der Waals surface area contributed by atoms with E-state index in [-0.39, 0.29) is 5.41 Å². The molecule has 0 aliphatic rings. The van der Waals surface area contributed by atoms with Crippen molar-refractivity contribution in [1.29, 1.82) is 0 Å². The highest BCUT2D eigenvalue weighted by Crippen LogP contribution is 2.46. The van der Waals surface area contributed by atoms with Gasteiger partial charge in [-0.3, -0.25) is 9.05 Å². The fraction of sp³-hybridized carbons (Fsp3) is 0.671. The summed E-state index contributed by atoms with van der Waals surface area (Å²) in [6.07, 6.45) is 51.5. The van der Waals surface area contributed by atoms with E-state index in [1.165, 1.54) is 241 Å². The highest BCUT2D eigenvalue weighted by atomic mass is 31.2. The average molecular weight is 1150 g/mol. The van der Waals surface area contributed by atoms with E-state index in [4.69, 9.17) is 27.1 Å². The molecule has 8 heteroatoms. The topological polar surface area (TPSA) is 55.4 Å². The van der Waals surface area contributed by atoms with E-state index < -0.39 is 17.2 Å². The predicted octanol–water partition coefficient (Wildman–Crippen LogP) is 25.4. The van der Waals surface area contributed by atoms with Crippen molar-refractivity contribution in [3.05, 3.63) is 119 Å². The molecule has 0 saturated carbocycles. The van der Waals surface area contributed by atoms with Crippen molar-refractivity contribution in [3.8, 4) is 23.0 Å². The van der Waals surface area contributed by atoms with Crippen LogP contribution in [0.2, 0.25) is 0 Å². The Bertz CT molecular complexity index is 1910. The molecule has 0 amide bonds. The molecule has 0 aliphatic carbocycles. The van der Waals surface area contributed by atoms with Crippen molar-refractivity contribution < 1.29 is 27.1 Å². The summed E-state index contributed by atoms with van der Waals surface area (Å²) in [6.45, 7) is 15.0. The van der Waals surface area contributed by atoms with Crippen molar-refractivity contribution in [2.24, 2.45) is 0 Å². The third kappa shape index (κ3) is 32.6. The summed E-state index contributed by atoms with van der Waals surface area (Å²) in [5.74, 6) is 3.26. The Kier molecular flexibility index (Phi) is 40.9. The Labute approximate surface area is 501 Å². The first kappa shape index (κ1) is 70.3. The molecule has 0 radical (unpaired) electrons. The van der Waals surface area contributed by atoms with E-state index in [1.54, 1.807) is 0 Å². The Morgan fingerprint density at radius 3 is 0.840 bits per heavy atom. The van der Waals surface area contributed by atoms with Gasteiger partial charge in [0, 0.05) is 5.41 Å². The molecule has 2 unspecified atom stereocenters. The first-order valence-corrected chi connectivity index (χ1v) is 36.0. The number of benzene rings is 4. The average Bonchev–Trinajstić information content (AvgIpc) is 3.50. The Morgan fingerprint density at radius 1 is 0.284 bits per heavy atom. The van der Waals surface area contributed by atoms with Crippen LogP contribution in [0.4, 0.5) is 0 Å². The van der Waals surface area contributed by atoms with Gasteiger partial charge in [0.15, 0.2) is 0 Å². The molecule has 0 aliphatic heterocycles. The summed E-state index contributed by atoms with van der Waals surface area (Å²) < 4.78 is 39.7. The zero-order chi connectivity index (χ0) is 57.5. The first-order chi connectivity index (χ1) is 39.9. The minimum Gasteiger partial charge on any atom is -0.418 e. The van der Waals surface area contributed by atoms with E-state index >= 15 is 0 Å². The van der Waals surface area contributed by atoms with Crippen molar-refractivity contribution in [2.75, 3.05) is 13.2 Å². The monoisotopic (exact) mass is 1150 g/mol. The van der Waals surface area contributed by atoms with Crippen molar-refractivity contribution in [2.45, 2.75) is 304 Å². The molecule has 0 spiro atoms. The molecule has 4 aromatic rings. The maximum atomic E-state index is 6.70. The smallest absolute Gasteiger partial charge is 0.418 e. The van der Waals surface area contributed by atoms with Crippen LogP contribution in [0, 0.1) is 0 Å². The van der Waals surface area contributed by atoms with Gasteiger partial charge < -0.3 is 18.1 Å². The maximum Gasteiger partial charge on any atom is 0.463 e. The second-order valence-electron chi connectivity index (χ2n) is 23.9. The highest BCUT2D eigenvalue weighted by molar-refractivity contribution is 7.42. The van der Waals surface area contributed by atoms with Crippen LogP contribution in [0.3, 0.4) is 0 Å². The highest BCUT2D eigenvalue weighted by Gasteiger charge is 2.26. The zero-order valence-corrected chi connectivity index (χ0v) is 54.6. The molecule has 0 aromatic heterocycles. The number of hydrogen-bond donors (Lipinski definition) is 0.